The van der Waals surface area contributed by atoms with Crippen molar-refractivity contribution in [2.45, 2.75) is 37.8 Å². The van der Waals surface area contributed by atoms with Crippen LogP contribution in [0.15, 0.2) is 48.5 Å². The van der Waals surface area contributed by atoms with Crippen LogP contribution in [0.25, 0.3) is 0 Å². The monoisotopic (exact) mass is 456 g/mol. The SMILES string of the molecule is C[C@@H](c1cc(C(F)(F)F)cc(C(F)(F)F)c1)N(C)C(=O)[C@@]12CC1CN[C@H]2c1ccccc1. The molecule has 2 aromatic carbocycles. The first-order chi connectivity index (χ1) is 14.9. The topological polar surface area (TPSA) is 32.3 Å². The van der Waals surface area contributed by atoms with Crippen molar-refractivity contribution in [1.82, 2.24) is 10.2 Å². The minimum Gasteiger partial charge on any atom is -0.338 e. The highest BCUT2D eigenvalue weighted by molar-refractivity contribution is 5.88. The number of hydrogen-bond acceptors (Lipinski definition) is 2. The number of alkyl halides is 6. The Morgan fingerprint density at radius 1 is 1.03 bits per heavy atom. The number of amides is 1. The lowest BCUT2D eigenvalue weighted by Gasteiger charge is -2.32. The van der Waals surface area contributed by atoms with Crippen LogP contribution in [0, 0.1) is 11.3 Å². The van der Waals surface area contributed by atoms with Gasteiger partial charge in [0, 0.05) is 13.1 Å². The van der Waals surface area contributed by atoms with Crippen molar-refractivity contribution >= 4 is 5.91 Å². The molecule has 1 aliphatic heterocycles. The van der Waals surface area contributed by atoms with E-state index in [2.05, 4.69) is 5.32 Å². The highest BCUT2D eigenvalue weighted by Crippen LogP contribution is 2.65. The van der Waals surface area contributed by atoms with Gasteiger partial charge in [0.1, 0.15) is 0 Å². The highest BCUT2D eigenvalue weighted by atomic mass is 19.4. The van der Waals surface area contributed by atoms with Crippen LogP contribution in [0.3, 0.4) is 0 Å². The van der Waals surface area contributed by atoms with Crippen LogP contribution in [0.1, 0.15) is 47.7 Å². The fourth-order valence-electron chi connectivity index (χ4n) is 4.79. The number of nitrogens with one attached hydrogen (secondary N) is 1. The van der Waals surface area contributed by atoms with E-state index in [-0.39, 0.29) is 29.5 Å². The van der Waals surface area contributed by atoms with Crippen molar-refractivity contribution in [1.29, 1.82) is 0 Å². The number of hydrogen-bond donors (Lipinski definition) is 1. The van der Waals surface area contributed by atoms with Crippen molar-refractivity contribution in [2.24, 2.45) is 11.3 Å². The summed E-state index contributed by atoms with van der Waals surface area (Å²) in [5.41, 5.74) is -2.79. The van der Waals surface area contributed by atoms with Gasteiger partial charge in [-0.15, -0.1) is 0 Å². The molecule has 9 heteroatoms. The molecule has 1 unspecified atom stereocenters. The van der Waals surface area contributed by atoms with Gasteiger partial charge in [0.15, 0.2) is 0 Å². The molecule has 1 saturated carbocycles. The quantitative estimate of drug-likeness (QED) is 0.608. The molecule has 2 fully saturated rings. The van der Waals surface area contributed by atoms with E-state index in [9.17, 15) is 31.1 Å². The Labute approximate surface area is 181 Å². The Bertz CT molecular complexity index is 987. The van der Waals surface area contributed by atoms with E-state index in [1.165, 1.54) is 18.9 Å². The molecule has 1 heterocycles. The summed E-state index contributed by atoms with van der Waals surface area (Å²) in [6.07, 6.45) is -9.25. The summed E-state index contributed by atoms with van der Waals surface area (Å²) >= 11 is 0. The Morgan fingerprint density at radius 2 is 1.59 bits per heavy atom. The summed E-state index contributed by atoms with van der Waals surface area (Å²) < 4.78 is 79.5. The van der Waals surface area contributed by atoms with Crippen molar-refractivity contribution in [3.8, 4) is 0 Å². The minimum atomic E-state index is -4.94. The molecule has 4 rings (SSSR count). The van der Waals surface area contributed by atoms with E-state index in [0.29, 0.717) is 25.1 Å². The van der Waals surface area contributed by atoms with E-state index in [1.54, 1.807) is 0 Å². The molecule has 1 N–H and O–H groups in total. The van der Waals surface area contributed by atoms with Crippen molar-refractivity contribution in [3.63, 3.8) is 0 Å². The van der Waals surface area contributed by atoms with Gasteiger partial charge in [0.25, 0.3) is 0 Å². The largest absolute Gasteiger partial charge is 0.416 e. The lowest BCUT2D eigenvalue weighted by atomic mass is 9.88. The maximum absolute atomic E-state index is 13.5. The standard InChI is InChI=1S/C23H22F6N2O/c1-13(15-8-16(22(24,25)26)10-17(9-15)23(27,28)29)31(2)20(32)21-11-18(21)12-30-19(21)14-6-4-3-5-7-14/h3-10,13,18-19,30H,11-12H2,1-2H3/t13-,18?,19-,21-/m0/s1. The number of halogens is 6. The normalized spacial score (nSPS) is 25.9. The summed E-state index contributed by atoms with van der Waals surface area (Å²) in [7, 11) is 1.44. The first kappa shape index (κ1) is 22.6. The predicted octanol–water partition coefficient (Wildman–Crippen LogP) is 5.59. The molecule has 0 radical (unpaired) electrons. The third-order valence-corrected chi connectivity index (χ3v) is 6.76. The summed E-state index contributed by atoms with van der Waals surface area (Å²) in [6, 6.07) is 9.63. The summed E-state index contributed by atoms with van der Waals surface area (Å²) in [6.45, 7) is 2.08. The van der Waals surface area contributed by atoms with E-state index in [0.717, 1.165) is 5.56 Å². The number of fused-ring (bicyclic) bond motifs is 1. The Balaban J connectivity index is 1.65. The number of rotatable bonds is 4. The third kappa shape index (κ3) is 3.76. The number of carbonyl (C=O) groups is 1. The van der Waals surface area contributed by atoms with Gasteiger partial charge in [-0.3, -0.25) is 4.79 Å². The molecule has 2 aromatic rings. The van der Waals surface area contributed by atoms with Crippen LogP contribution >= 0.6 is 0 Å². The average molecular weight is 456 g/mol. The lowest BCUT2D eigenvalue weighted by Crippen LogP contribution is -2.40. The highest BCUT2D eigenvalue weighted by Gasteiger charge is 2.68. The van der Waals surface area contributed by atoms with Crippen LogP contribution in [0.5, 0.6) is 0 Å². The Kier molecular flexibility index (Phi) is 5.31. The van der Waals surface area contributed by atoms with Crippen LogP contribution in [0.2, 0.25) is 0 Å². The molecule has 4 atom stereocenters. The molecular formula is C23H22F6N2O. The van der Waals surface area contributed by atoms with Crippen molar-refractivity contribution in [3.05, 3.63) is 70.8 Å². The third-order valence-electron chi connectivity index (χ3n) is 6.76. The number of carbonyl (C=O) groups excluding carboxylic acids is 1. The first-order valence-electron chi connectivity index (χ1n) is 10.2. The van der Waals surface area contributed by atoms with Crippen molar-refractivity contribution in [2.75, 3.05) is 13.6 Å². The summed E-state index contributed by atoms with van der Waals surface area (Å²) in [4.78, 5) is 14.8. The van der Waals surface area contributed by atoms with E-state index >= 15 is 0 Å². The second kappa shape index (κ2) is 7.50. The fraction of sp³-hybridized carbons (Fsp3) is 0.435. The number of benzene rings is 2. The van der Waals surface area contributed by atoms with Gasteiger partial charge in [-0.1, -0.05) is 30.3 Å². The van der Waals surface area contributed by atoms with E-state index < -0.39 is 34.9 Å². The second-order valence-electron chi connectivity index (χ2n) is 8.62. The molecule has 0 spiro atoms. The number of nitrogens with zero attached hydrogens (tertiary/aromatic N) is 1. The Hall–Kier alpha value is -2.55. The smallest absolute Gasteiger partial charge is 0.338 e. The van der Waals surface area contributed by atoms with Gasteiger partial charge in [-0.2, -0.15) is 26.3 Å². The average Bonchev–Trinajstić information content (AvgIpc) is 3.36. The molecule has 1 saturated heterocycles. The number of piperidine rings is 1. The van der Waals surface area contributed by atoms with Gasteiger partial charge < -0.3 is 10.2 Å². The first-order valence-corrected chi connectivity index (χ1v) is 10.2. The van der Waals surface area contributed by atoms with Crippen molar-refractivity contribution < 1.29 is 31.1 Å². The van der Waals surface area contributed by atoms with Gasteiger partial charge in [0.2, 0.25) is 5.91 Å². The summed E-state index contributed by atoms with van der Waals surface area (Å²) in [5, 5.41) is 3.34. The van der Waals surface area contributed by atoms with E-state index in [1.807, 2.05) is 30.3 Å². The van der Waals surface area contributed by atoms with Gasteiger partial charge in [0.05, 0.1) is 22.6 Å². The molecule has 2 aliphatic rings. The van der Waals surface area contributed by atoms with Crippen LogP contribution < -0.4 is 5.32 Å². The maximum Gasteiger partial charge on any atom is 0.416 e. The zero-order valence-corrected chi connectivity index (χ0v) is 17.4. The van der Waals surface area contributed by atoms with Crippen LogP contribution in [-0.4, -0.2) is 24.4 Å². The minimum absolute atomic E-state index is 0.0853. The van der Waals surface area contributed by atoms with Crippen LogP contribution in [0.4, 0.5) is 26.3 Å². The molecule has 3 nitrogen and oxygen atoms in total. The summed E-state index contributed by atoms with van der Waals surface area (Å²) in [5.74, 6) is -0.193. The predicted molar refractivity (Wildman–Crippen MR) is 105 cm³/mol. The zero-order chi connectivity index (χ0) is 23.5. The van der Waals surface area contributed by atoms with Gasteiger partial charge in [-0.05, 0) is 55.1 Å². The van der Waals surface area contributed by atoms with Crippen LogP contribution in [-0.2, 0) is 17.1 Å². The Morgan fingerprint density at radius 3 is 2.09 bits per heavy atom. The molecule has 1 amide bonds. The van der Waals surface area contributed by atoms with Gasteiger partial charge >= 0.3 is 12.4 Å². The molecule has 1 aliphatic carbocycles. The second-order valence-corrected chi connectivity index (χ2v) is 8.62. The van der Waals surface area contributed by atoms with E-state index in [4.69, 9.17) is 0 Å². The molecule has 0 bridgehead atoms. The molecular weight excluding hydrogens is 434 g/mol. The zero-order valence-electron chi connectivity index (χ0n) is 17.4. The molecule has 0 aromatic heterocycles. The molecule has 32 heavy (non-hydrogen) atoms. The lowest BCUT2D eigenvalue weighted by molar-refractivity contribution is -0.143. The van der Waals surface area contributed by atoms with Gasteiger partial charge in [-0.25, -0.2) is 0 Å². The maximum atomic E-state index is 13.5. The molecule has 172 valence electrons. The fourth-order valence-corrected chi connectivity index (χ4v) is 4.79.